The molecule has 0 radical (unpaired) electrons. The van der Waals surface area contributed by atoms with E-state index in [1.54, 1.807) is 12.1 Å². The summed E-state index contributed by atoms with van der Waals surface area (Å²) in [5, 5.41) is 0. The second kappa shape index (κ2) is 10.7. The zero-order valence-electron chi connectivity index (χ0n) is 18.0. The van der Waals surface area contributed by atoms with E-state index in [1.165, 1.54) is 38.4 Å². The number of hydroxylamine groups is 1. The zero-order valence-corrected chi connectivity index (χ0v) is 18.8. The standard InChI is InChI=1S/C23H23N3O6S/c1-26(31-2)33(29,30)19-14-12-18(13-15-19)23(28)25-24-22(27)16-32-21-11-7-6-10-20(21)17-8-4-3-5-9-17/h3-15H,16H2,1-2H3,(H,24,27)(H,25,28). The fraction of sp³-hybridized carbons (Fsp3) is 0.130. The van der Waals surface area contributed by atoms with E-state index >= 15 is 0 Å². The second-order valence-electron chi connectivity index (χ2n) is 6.77. The van der Waals surface area contributed by atoms with E-state index in [9.17, 15) is 18.0 Å². The number of ether oxygens (including phenoxy) is 1. The third-order valence-corrected chi connectivity index (χ3v) is 6.35. The molecule has 10 heteroatoms. The molecule has 3 aromatic carbocycles. The Morgan fingerprint density at radius 1 is 0.879 bits per heavy atom. The van der Waals surface area contributed by atoms with E-state index in [0.29, 0.717) is 10.2 Å². The van der Waals surface area contributed by atoms with Gasteiger partial charge in [-0.15, -0.1) is 0 Å². The van der Waals surface area contributed by atoms with E-state index < -0.39 is 21.8 Å². The highest BCUT2D eigenvalue weighted by molar-refractivity contribution is 7.89. The molecular weight excluding hydrogens is 446 g/mol. The maximum atomic E-state index is 12.3. The number of carbonyl (C=O) groups excluding carboxylic acids is 2. The molecule has 2 amide bonds. The highest BCUT2D eigenvalue weighted by Crippen LogP contribution is 2.29. The molecule has 0 aromatic heterocycles. The SMILES string of the molecule is CON(C)S(=O)(=O)c1ccc(C(=O)NNC(=O)COc2ccccc2-c2ccccc2)cc1. The van der Waals surface area contributed by atoms with Gasteiger partial charge in [0.25, 0.3) is 21.8 Å². The molecule has 0 aliphatic carbocycles. The number of sulfonamides is 1. The van der Waals surface area contributed by atoms with Gasteiger partial charge in [-0.1, -0.05) is 53.0 Å². The minimum absolute atomic E-state index is 0.0436. The van der Waals surface area contributed by atoms with Crippen LogP contribution < -0.4 is 15.6 Å². The Hall–Kier alpha value is -3.73. The van der Waals surface area contributed by atoms with Crippen molar-refractivity contribution < 1.29 is 27.6 Å². The summed E-state index contributed by atoms with van der Waals surface area (Å²) in [7, 11) is -1.34. The molecule has 0 fully saturated rings. The first-order valence-corrected chi connectivity index (χ1v) is 11.3. The van der Waals surface area contributed by atoms with Crippen LogP contribution in [-0.2, 0) is 19.7 Å². The number of nitrogens with zero attached hydrogens (tertiary/aromatic N) is 1. The Labute approximate surface area is 191 Å². The molecule has 0 heterocycles. The molecule has 172 valence electrons. The quantitative estimate of drug-likeness (QED) is 0.490. The van der Waals surface area contributed by atoms with Gasteiger partial charge in [-0.3, -0.25) is 25.3 Å². The lowest BCUT2D eigenvalue weighted by Gasteiger charge is -2.14. The number of amides is 2. The molecule has 2 N–H and O–H groups in total. The molecule has 0 aliphatic rings. The lowest BCUT2D eigenvalue weighted by atomic mass is 10.1. The van der Waals surface area contributed by atoms with Crippen molar-refractivity contribution >= 4 is 21.8 Å². The average molecular weight is 470 g/mol. The van der Waals surface area contributed by atoms with E-state index in [2.05, 4.69) is 10.9 Å². The van der Waals surface area contributed by atoms with Crippen LogP contribution in [0.25, 0.3) is 11.1 Å². The van der Waals surface area contributed by atoms with E-state index in [-0.39, 0.29) is 17.1 Å². The Morgan fingerprint density at radius 3 is 2.18 bits per heavy atom. The highest BCUT2D eigenvalue weighted by atomic mass is 32.2. The number of benzene rings is 3. The number of para-hydroxylation sites is 1. The molecule has 0 bridgehead atoms. The predicted molar refractivity (Wildman–Crippen MR) is 121 cm³/mol. The molecule has 0 saturated heterocycles. The van der Waals surface area contributed by atoms with Gasteiger partial charge in [-0.05, 0) is 35.9 Å². The fourth-order valence-electron chi connectivity index (χ4n) is 2.85. The lowest BCUT2D eigenvalue weighted by Crippen LogP contribution is -2.43. The van der Waals surface area contributed by atoms with Crippen molar-refractivity contribution in [3.8, 4) is 16.9 Å². The van der Waals surface area contributed by atoms with Crippen molar-refractivity contribution in [2.45, 2.75) is 4.90 Å². The Balaban J connectivity index is 1.55. The number of hydrazine groups is 1. The third kappa shape index (κ3) is 5.95. The van der Waals surface area contributed by atoms with Crippen molar-refractivity contribution in [3.05, 3.63) is 84.4 Å². The van der Waals surface area contributed by atoms with Crippen LogP contribution in [0.4, 0.5) is 0 Å². The summed E-state index contributed by atoms with van der Waals surface area (Å²) in [6, 6.07) is 22.1. The Morgan fingerprint density at radius 2 is 1.52 bits per heavy atom. The third-order valence-electron chi connectivity index (χ3n) is 4.66. The minimum atomic E-state index is -3.82. The smallest absolute Gasteiger partial charge is 0.276 e. The van der Waals surface area contributed by atoms with E-state index in [4.69, 9.17) is 9.57 Å². The highest BCUT2D eigenvalue weighted by Gasteiger charge is 2.21. The molecule has 0 saturated carbocycles. The van der Waals surface area contributed by atoms with Crippen LogP contribution in [0.2, 0.25) is 0 Å². The summed E-state index contributed by atoms with van der Waals surface area (Å²) >= 11 is 0. The largest absolute Gasteiger partial charge is 0.483 e. The molecular formula is C23H23N3O6S. The van der Waals surface area contributed by atoms with Crippen LogP contribution in [0.15, 0.2) is 83.8 Å². The van der Waals surface area contributed by atoms with Gasteiger partial charge in [0, 0.05) is 18.2 Å². The van der Waals surface area contributed by atoms with Gasteiger partial charge in [0.1, 0.15) is 5.75 Å². The van der Waals surface area contributed by atoms with Crippen molar-refractivity contribution in [1.29, 1.82) is 0 Å². The number of rotatable bonds is 8. The fourth-order valence-corrected chi connectivity index (χ4v) is 3.82. The van der Waals surface area contributed by atoms with Crippen LogP contribution in [0.3, 0.4) is 0 Å². The maximum absolute atomic E-state index is 12.3. The molecule has 0 spiro atoms. The normalized spacial score (nSPS) is 11.1. The zero-order chi connectivity index (χ0) is 23.8. The summed E-state index contributed by atoms with van der Waals surface area (Å²) in [5.74, 6) is -0.646. The van der Waals surface area contributed by atoms with Crippen LogP contribution in [0, 0.1) is 0 Å². The lowest BCUT2D eigenvalue weighted by molar-refractivity contribution is -0.123. The molecule has 9 nitrogen and oxygen atoms in total. The molecule has 3 aromatic rings. The van der Waals surface area contributed by atoms with Gasteiger partial charge in [-0.2, -0.15) is 0 Å². The number of carbonyl (C=O) groups is 2. The van der Waals surface area contributed by atoms with Crippen LogP contribution >= 0.6 is 0 Å². The first-order valence-electron chi connectivity index (χ1n) is 9.82. The predicted octanol–water partition coefficient (Wildman–Crippen LogP) is 2.38. The number of nitrogens with one attached hydrogen (secondary N) is 2. The van der Waals surface area contributed by atoms with Gasteiger partial charge >= 0.3 is 0 Å². The summed E-state index contributed by atoms with van der Waals surface area (Å²) in [5.41, 5.74) is 6.49. The molecule has 0 aliphatic heterocycles. The summed E-state index contributed by atoms with van der Waals surface area (Å²) in [6.45, 7) is -0.315. The van der Waals surface area contributed by atoms with Crippen molar-refractivity contribution in [3.63, 3.8) is 0 Å². The van der Waals surface area contributed by atoms with Crippen LogP contribution in [0.5, 0.6) is 5.75 Å². The second-order valence-corrected chi connectivity index (χ2v) is 8.71. The molecule has 33 heavy (non-hydrogen) atoms. The number of hydrogen-bond donors (Lipinski definition) is 2. The summed E-state index contributed by atoms with van der Waals surface area (Å²) in [4.78, 5) is 29.1. The Kier molecular flexibility index (Phi) is 7.78. The first kappa shape index (κ1) is 23.9. The van der Waals surface area contributed by atoms with Crippen molar-refractivity contribution in [2.24, 2.45) is 0 Å². The Bertz CT molecular complexity index is 1210. The van der Waals surface area contributed by atoms with Gasteiger partial charge in [0.15, 0.2) is 6.61 Å². The van der Waals surface area contributed by atoms with Gasteiger partial charge in [0.2, 0.25) is 0 Å². The first-order chi connectivity index (χ1) is 15.8. The van der Waals surface area contributed by atoms with Crippen LogP contribution in [-0.4, -0.2) is 45.5 Å². The minimum Gasteiger partial charge on any atom is -0.483 e. The van der Waals surface area contributed by atoms with Gasteiger partial charge in [-0.25, -0.2) is 8.42 Å². The molecule has 0 atom stereocenters. The van der Waals surface area contributed by atoms with Crippen molar-refractivity contribution in [1.82, 2.24) is 15.3 Å². The molecule has 0 unspecified atom stereocenters. The monoisotopic (exact) mass is 469 g/mol. The van der Waals surface area contributed by atoms with E-state index in [0.717, 1.165) is 11.1 Å². The number of hydrogen-bond acceptors (Lipinski definition) is 6. The van der Waals surface area contributed by atoms with Gasteiger partial charge in [0.05, 0.1) is 12.0 Å². The molecule has 3 rings (SSSR count). The summed E-state index contributed by atoms with van der Waals surface area (Å²) in [6.07, 6.45) is 0. The average Bonchev–Trinajstić information content (AvgIpc) is 2.86. The van der Waals surface area contributed by atoms with Crippen LogP contribution in [0.1, 0.15) is 10.4 Å². The topological polar surface area (TPSA) is 114 Å². The summed E-state index contributed by atoms with van der Waals surface area (Å²) < 4.78 is 30.7. The van der Waals surface area contributed by atoms with Gasteiger partial charge < -0.3 is 4.74 Å². The van der Waals surface area contributed by atoms with E-state index in [1.807, 2.05) is 42.5 Å². The van der Waals surface area contributed by atoms with Crippen molar-refractivity contribution in [2.75, 3.05) is 20.8 Å². The maximum Gasteiger partial charge on any atom is 0.276 e.